The maximum absolute atomic E-state index is 8.25. The summed E-state index contributed by atoms with van der Waals surface area (Å²) >= 11 is 3.33. The predicted molar refractivity (Wildman–Crippen MR) is 33.3 cm³/mol. The van der Waals surface area contributed by atoms with Crippen molar-refractivity contribution >= 4 is 12.4 Å². The minimum absolute atomic E-state index is 0. The number of halogens is 1. The standard InChI is InChI=1S/FH.2Li.2NO3.HNS/c;;;2*2-1(3)4;1-2/h1H;;;;;1H/q;2*+1;2*-1;. The van der Waals surface area contributed by atoms with Crippen molar-refractivity contribution in [2.24, 2.45) is 0 Å². The summed E-state index contributed by atoms with van der Waals surface area (Å²) in [6.07, 6.45) is 0. The molecule has 0 saturated carbocycles. The van der Waals surface area contributed by atoms with Gasteiger partial charge in [0.05, 0.1) is 10.2 Å². The van der Waals surface area contributed by atoms with Crippen LogP contribution < -0.4 is 37.7 Å². The van der Waals surface area contributed by atoms with Crippen molar-refractivity contribution in [1.82, 2.24) is 0 Å². The van der Waals surface area contributed by atoms with Gasteiger partial charge in [-0.15, -0.1) is 0 Å². The molecule has 13 heteroatoms. The molecule has 0 aromatic carbocycles. The molecule has 0 rings (SSSR count). The van der Waals surface area contributed by atoms with Gasteiger partial charge in [0.2, 0.25) is 0 Å². The molecule has 0 fully saturated rings. The summed E-state index contributed by atoms with van der Waals surface area (Å²) in [6, 6.07) is 0. The van der Waals surface area contributed by atoms with Gasteiger partial charge in [0.1, 0.15) is 0 Å². The van der Waals surface area contributed by atoms with Gasteiger partial charge >= 0.3 is 37.7 Å². The third kappa shape index (κ3) is 5080. The van der Waals surface area contributed by atoms with E-state index in [2.05, 4.69) is 12.4 Å². The molecule has 0 aliphatic carbocycles. The van der Waals surface area contributed by atoms with Gasteiger partial charge in [0.25, 0.3) is 0 Å². The van der Waals surface area contributed by atoms with Crippen molar-refractivity contribution in [3.05, 3.63) is 30.6 Å². The third-order valence-corrected chi connectivity index (χ3v) is 0. The summed E-state index contributed by atoms with van der Waals surface area (Å²) in [6.45, 7) is 0. The Bertz CT molecular complexity index is 94.1. The number of nitrogens with zero attached hydrogens (tertiary/aromatic N) is 2. The normalized spacial score (nSPS) is 4.00. The third-order valence-electron chi connectivity index (χ3n) is 0. The van der Waals surface area contributed by atoms with Gasteiger partial charge in [0, 0.05) is 12.4 Å². The Labute approximate surface area is 100 Å². The summed E-state index contributed by atoms with van der Waals surface area (Å²) in [4.78, 5) is 16.5. The summed E-state index contributed by atoms with van der Waals surface area (Å²) in [5.41, 5.74) is 0. The number of hydrogen-bond acceptors (Lipinski definition) is 8. The molecule has 0 aromatic rings. The van der Waals surface area contributed by atoms with Crippen molar-refractivity contribution in [2.45, 2.75) is 0 Å². The molecule has 0 bridgehead atoms. The molecule has 68 valence electrons. The first-order valence-electron chi connectivity index (χ1n) is 1.30. The second-order valence-electron chi connectivity index (χ2n) is 0.447. The average Bonchev–Trinajstić information content (AvgIpc) is 1.66. The first-order chi connectivity index (χ1) is 4.46. The second-order valence-corrected chi connectivity index (χ2v) is 0.447. The molecule has 0 aliphatic heterocycles. The SMILES string of the molecule is F.N=S.O=[N+]([O-])[O-].O=[N+]([O-])[O-].[Li+].[Li+]. The van der Waals surface area contributed by atoms with Crippen molar-refractivity contribution in [1.29, 1.82) is 4.78 Å². The molecule has 0 unspecified atom stereocenters. The van der Waals surface area contributed by atoms with Crippen molar-refractivity contribution in [3.63, 3.8) is 0 Å². The Hall–Kier alpha value is -0.455. The first kappa shape index (κ1) is 39.0. The zero-order valence-corrected chi connectivity index (χ0v) is 7.48. The fraction of sp³-hybridized carbons (Fsp3) is 0. The smallest absolute Gasteiger partial charge is 0.356 e. The maximum atomic E-state index is 8.25. The predicted octanol–water partition coefficient (Wildman–Crippen LogP) is -6.02. The second kappa shape index (κ2) is 41.8. The van der Waals surface area contributed by atoms with Gasteiger partial charge in [-0.3, -0.25) is 4.70 Å². The summed E-state index contributed by atoms with van der Waals surface area (Å²) in [5.74, 6) is 0. The zero-order chi connectivity index (χ0) is 9.15. The van der Waals surface area contributed by atoms with E-state index in [4.69, 9.17) is 35.4 Å². The number of hydrogen-bond donors (Lipinski definition) is 1. The average molecular weight is 205 g/mol. The van der Waals surface area contributed by atoms with Crippen LogP contribution in [0.15, 0.2) is 0 Å². The molecule has 0 heterocycles. The van der Waals surface area contributed by atoms with E-state index in [9.17, 15) is 0 Å². The molecular formula is H2FLi2N3O6S. The quantitative estimate of drug-likeness (QED) is 0.234. The van der Waals surface area contributed by atoms with Gasteiger partial charge in [-0.25, -0.2) is 4.78 Å². The fourth-order valence-electron chi connectivity index (χ4n) is 0. The molecular weight excluding hydrogens is 203 g/mol. The largest absolute Gasteiger partial charge is 1.00 e. The van der Waals surface area contributed by atoms with Crippen LogP contribution in [0, 0.1) is 35.4 Å². The Morgan fingerprint density at radius 3 is 0.846 bits per heavy atom. The van der Waals surface area contributed by atoms with Crippen LogP contribution in [0.4, 0.5) is 4.70 Å². The molecule has 0 aromatic heterocycles. The minimum atomic E-state index is -1.75. The molecule has 0 aliphatic rings. The number of rotatable bonds is 0. The van der Waals surface area contributed by atoms with Gasteiger partial charge in [-0.1, -0.05) is 0 Å². The maximum Gasteiger partial charge on any atom is 1.00 e. The zero-order valence-electron chi connectivity index (χ0n) is 6.66. The molecule has 9 nitrogen and oxygen atoms in total. The summed E-state index contributed by atoms with van der Waals surface area (Å²) in [5, 5.41) is 29.5. The summed E-state index contributed by atoms with van der Waals surface area (Å²) < 4.78 is 5.33. The van der Waals surface area contributed by atoms with Gasteiger partial charge in [-0.05, 0) is 0 Å². The van der Waals surface area contributed by atoms with Crippen LogP contribution in [0.3, 0.4) is 0 Å². The van der Waals surface area contributed by atoms with E-state index in [0.29, 0.717) is 0 Å². The fourth-order valence-corrected chi connectivity index (χ4v) is 0. The van der Waals surface area contributed by atoms with Crippen LogP contribution in [0.25, 0.3) is 0 Å². The van der Waals surface area contributed by atoms with Gasteiger partial charge in [0.15, 0.2) is 0 Å². The Balaban J connectivity index is -0.0000000133. The summed E-state index contributed by atoms with van der Waals surface area (Å²) in [7, 11) is 0. The Kier molecular flexibility index (Phi) is 125. The molecule has 0 amide bonds. The monoisotopic (exact) mass is 205 g/mol. The molecule has 0 saturated heterocycles. The van der Waals surface area contributed by atoms with Crippen LogP contribution in [0.1, 0.15) is 0 Å². The number of nitrogens with one attached hydrogen (secondary N) is 1. The van der Waals surface area contributed by atoms with E-state index < -0.39 is 10.2 Å². The van der Waals surface area contributed by atoms with Crippen LogP contribution in [0.5, 0.6) is 0 Å². The van der Waals surface area contributed by atoms with Crippen LogP contribution in [-0.4, -0.2) is 10.2 Å². The van der Waals surface area contributed by atoms with Crippen molar-refractivity contribution < 1.29 is 52.6 Å². The Morgan fingerprint density at radius 2 is 0.846 bits per heavy atom. The molecule has 0 spiro atoms. The van der Waals surface area contributed by atoms with Crippen molar-refractivity contribution in [2.75, 3.05) is 0 Å². The van der Waals surface area contributed by atoms with Crippen LogP contribution >= 0.6 is 0 Å². The Morgan fingerprint density at radius 1 is 0.846 bits per heavy atom. The molecule has 0 atom stereocenters. The van der Waals surface area contributed by atoms with E-state index in [-0.39, 0.29) is 42.4 Å². The van der Waals surface area contributed by atoms with Gasteiger partial charge in [-0.2, -0.15) is 0 Å². The molecule has 1 N–H and O–H groups in total. The van der Waals surface area contributed by atoms with Gasteiger partial charge < -0.3 is 30.6 Å². The minimum Gasteiger partial charge on any atom is -0.356 e. The van der Waals surface area contributed by atoms with E-state index in [1.807, 2.05) is 0 Å². The van der Waals surface area contributed by atoms with E-state index in [1.54, 1.807) is 0 Å². The van der Waals surface area contributed by atoms with Crippen molar-refractivity contribution in [3.8, 4) is 0 Å². The van der Waals surface area contributed by atoms with E-state index in [0.717, 1.165) is 0 Å². The van der Waals surface area contributed by atoms with Crippen LogP contribution in [-0.2, 0) is 12.4 Å². The molecule has 0 radical (unpaired) electrons. The topological polar surface area (TPSA) is 156 Å². The molecule has 13 heavy (non-hydrogen) atoms. The first-order valence-corrected chi connectivity index (χ1v) is 1.71. The van der Waals surface area contributed by atoms with E-state index >= 15 is 0 Å². The van der Waals surface area contributed by atoms with Crippen LogP contribution in [0.2, 0.25) is 0 Å². The van der Waals surface area contributed by atoms with E-state index in [1.165, 1.54) is 0 Å².